The first-order valence-electron chi connectivity index (χ1n) is 8.34. The molecule has 2 N–H and O–H groups in total. The summed E-state index contributed by atoms with van der Waals surface area (Å²) in [7, 11) is 3.11. The number of carbonyl (C=O) groups is 2. The Morgan fingerprint density at radius 2 is 1.71 bits per heavy atom. The van der Waals surface area contributed by atoms with E-state index in [9.17, 15) is 9.59 Å². The number of ether oxygens (including phenoxy) is 2. The summed E-state index contributed by atoms with van der Waals surface area (Å²) in [5.74, 6) is -0.121. The van der Waals surface area contributed by atoms with Crippen molar-refractivity contribution in [2.45, 2.75) is 0 Å². The molecule has 7 heteroatoms. The maximum atomic E-state index is 12.4. The van der Waals surface area contributed by atoms with Crippen LogP contribution in [0.15, 0.2) is 54.9 Å². The molecule has 0 aliphatic heterocycles. The number of benzene rings is 2. The zero-order valence-electron chi connectivity index (χ0n) is 15.3. The van der Waals surface area contributed by atoms with Crippen LogP contribution in [-0.4, -0.2) is 41.3 Å². The van der Waals surface area contributed by atoms with E-state index < -0.39 is 5.97 Å². The minimum atomic E-state index is -1.04. The molecule has 0 saturated heterocycles. The van der Waals surface area contributed by atoms with Gasteiger partial charge in [0.05, 0.1) is 26.0 Å². The zero-order valence-corrected chi connectivity index (χ0v) is 15.3. The van der Waals surface area contributed by atoms with Crippen molar-refractivity contribution < 1.29 is 24.2 Å². The first-order chi connectivity index (χ1) is 13.5. The molecule has 1 heterocycles. The third kappa shape index (κ3) is 3.93. The average Bonchev–Trinajstić information content (AvgIpc) is 3.26. The number of allylic oxidation sites excluding steroid dienone is 1. The van der Waals surface area contributed by atoms with Crippen LogP contribution < -0.4 is 9.47 Å². The Hall–Kier alpha value is -3.87. The molecule has 7 nitrogen and oxygen atoms in total. The monoisotopic (exact) mass is 378 g/mol. The molecule has 3 rings (SSSR count). The van der Waals surface area contributed by atoms with Gasteiger partial charge in [-0.15, -0.1) is 0 Å². The predicted molar refractivity (Wildman–Crippen MR) is 104 cm³/mol. The van der Waals surface area contributed by atoms with Crippen molar-refractivity contribution >= 4 is 17.8 Å². The van der Waals surface area contributed by atoms with Gasteiger partial charge < -0.3 is 14.6 Å². The van der Waals surface area contributed by atoms with Crippen molar-refractivity contribution in [1.82, 2.24) is 10.2 Å². The summed E-state index contributed by atoms with van der Waals surface area (Å²) in [6.45, 7) is 0. The molecule has 2 aromatic carbocycles. The van der Waals surface area contributed by atoms with Gasteiger partial charge >= 0.3 is 5.97 Å². The topological polar surface area (TPSA) is 102 Å². The van der Waals surface area contributed by atoms with E-state index in [-0.39, 0.29) is 11.3 Å². The van der Waals surface area contributed by atoms with Crippen LogP contribution in [0, 0.1) is 0 Å². The SMILES string of the molecule is COc1cc(OC)c(-c2cn[nH]c2)cc1C=CC(=O)c1ccc(C(=O)O)cc1. The molecule has 0 atom stereocenters. The van der Waals surface area contributed by atoms with Crippen LogP contribution in [0.3, 0.4) is 0 Å². The van der Waals surface area contributed by atoms with Crippen molar-refractivity contribution in [2.75, 3.05) is 14.2 Å². The Bertz CT molecular complexity index is 1020. The van der Waals surface area contributed by atoms with E-state index in [1.807, 2.05) is 6.07 Å². The Balaban J connectivity index is 1.93. The van der Waals surface area contributed by atoms with Crippen LogP contribution in [-0.2, 0) is 0 Å². The molecule has 142 valence electrons. The van der Waals surface area contributed by atoms with Gasteiger partial charge in [0.2, 0.25) is 0 Å². The van der Waals surface area contributed by atoms with Gasteiger partial charge in [-0.2, -0.15) is 5.10 Å². The number of carbonyl (C=O) groups excluding carboxylic acids is 1. The van der Waals surface area contributed by atoms with E-state index in [4.69, 9.17) is 14.6 Å². The molecule has 0 amide bonds. The predicted octanol–water partition coefficient (Wildman–Crippen LogP) is 3.69. The molecule has 0 spiro atoms. The summed E-state index contributed by atoms with van der Waals surface area (Å²) >= 11 is 0. The molecular formula is C21H18N2O5. The number of aromatic nitrogens is 2. The Kier molecular flexibility index (Phi) is 5.55. The number of aromatic carboxylic acids is 1. The highest BCUT2D eigenvalue weighted by Crippen LogP contribution is 2.36. The molecule has 0 aliphatic carbocycles. The lowest BCUT2D eigenvalue weighted by Crippen LogP contribution is -1.99. The third-order valence-corrected chi connectivity index (χ3v) is 4.19. The second-order valence-corrected chi connectivity index (χ2v) is 5.86. The Labute approximate surface area is 161 Å². The van der Waals surface area contributed by atoms with Crippen LogP contribution >= 0.6 is 0 Å². The number of aromatic amines is 1. The number of methoxy groups -OCH3 is 2. The molecule has 28 heavy (non-hydrogen) atoms. The highest BCUT2D eigenvalue weighted by molar-refractivity contribution is 6.07. The summed E-state index contributed by atoms with van der Waals surface area (Å²) < 4.78 is 10.8. The van der Waals surface area contributed by atoms with Gasteiger partial charge in [0.15, 0.2) is 5.78 Å². The number of nitrogens with one attached hydrogen (secondary N) is 1. The maximum Gasteiger partial charge on any atom is 0.335 e. The Morgan fingerprint density at radius 3 is 2.29 bits per heavy atom. The largest absolute Gasteiger partial charge is 0.496 e. The number of H-pyrrole nitrogens is 1. The van der Waals surface area contributed by atoms with Crippen LogP contribution in [0.4, 0.5) is 0 Å². The van der Waals surface area contributed by atoms with E-state index in [2.05, 4.69) is 10.2 Å². The number of nitrogens with zero attached hydrogens (tertiary/aromatic N) is 1. The van der Waals surface area contributed by atoms with Crippen LogP contribution in [0.5, 0.6) is 11.5 Å². The molecular weight excluding hydrogens is 360 g/mol. The van der Waals surface area contributed by atoms with Gasteiger partial charge in [0.1, 0.15) is 11.5 Å². The lowest BCUT2D eigenvalue weighted by molar-refractivity contribution is 0.0696. The highest BCUT2D eigenvalue weighted by atomic mass is 16.5. The van der Waals surface area contributed by atoms with Crippen molar-refractivity contribution in [1.29, 1.82) is 0 Å². The fraction of sp³-hybridized carbons (Fsp3) is 0.0952. The fourth-order valence-corrected chi connectivity index (χ4v) is 2.72. The number of carboxylic acids is 1. The maximum absolute atomic E-state index is 12.4. The van der Waals surface area contributed by atoms with Crippen LogP contribution in [0.1, 0.15) is 26.3 Å². The second-order valence-electron chi connectivity index (χ2n) is 5.86. The lowest BCUT2D eigenvalue weighted by Gasteiger charge is -2.12. The fourth-order valence-electron chi connectivity index (χ4n) is 2.72. The van der Waals surface area contributed by atoms with Crippen molar-refractivity contribution in [3.8, 4) is 22.6 Å². The number of rotatable bonds is 7. The van der Waals surface area contributed by atoms with Gasteiger partial charge in [-0.3, -0.25) is 9.89 Å². The normalized spacial score (nSPS) is 10.8. The molecule has 0 saturated carbocycles. The smallest absolute Gasteiger partial charge is 0.335 e. The van der Waals surface area contributed by atoms with Crippen molar-refractivity contribution in [2.24, 2.45) is 0 Å². The minimum Gasteiger partial charge on any atom is -0.496 e. The van der Waals surface area contributed by atoms with Crippen molar-refractivity contribution in [3.63, 3.8) is 0 Å². The highest BCUT2D eigenvalue weighted by Gasteiger charge is 2.13. The first-order valence-corrected chi connectivity index (χ1v) is 8.34. The average molecular weight is 378 g/mol. The molecule has 0 bridgehead atoms. The van der Waals surface area contributed by atoms with E-state index in [1.165, 1.54) is 37.5 Å². The molecule has 0 unspecified atom stereocenters. The molecule has 0 aliphatic rings. The number of hydrogen-bond acceptors (Lipinski definition) is 5. The van der Waals surface area contributed by atoms with Gasteiger partial charge in [-0.1, -0.05) is 12.1 Å². The zero-order chi connectivity index (χ0) is 20.1. The van der Waals surface area contributed by atoms with E-state index in [0.717, 1.165) is 11.1 Å². The van der Waals surface area contributed by atoms with Crippen molar-refractivity contribution in [3.05, 3.63) is 71.6 Å². The summed E-state index contributed by atoms with van der Waals surface area (Å²) in [5, 5.41) is 15.7. The number of hydrogen-bond donors (Lipinski definition) is 2. The summed E-state index contributed by atoms with van der Waals surface area (Å²) in [6.07, 6.45) is 6.48. The van der Waals surface area contributed by atoms with Gasteiger partial charge in [-0.05, 0) is 30.4 Å². The third-order valence-electron chi connectivity index (χ3n) is 4.19. The Morgan fingerprint density at radius 1 is 1.04 bits per heavy atom. The quantitative estimate of drug-likeness (QED) is 0.480. The van der Waals surface area contributed by atoms with Gasteiger partial charge in [-0.25, -0.2) is 4.79 Å². The summed E-state index contributed by atoms with van der Waals surface area (Å²) in [4.78, 5) is 23.3. The van der Waals surface area contributed by atoms with Gasteiger partial charge in [0.25, 0.3) is 0 Å². The van der Waals surface area contributed by atoms with E-state index in [1.54, 1.807) is 31.6 Å². The summed E-state index contributed by atoms with van der Waals surface area (Å²) in [6, 6.07) is 9.35. The van der Waals surface area contributed by atoms with E-state index >= 15 is 0 Å². The minimum absolute atomic E-state index is 0.127. The second kappa shape index (κ2) is 8.22. The van der Waals surface area contributed by atoms with E-state index in [0.29, 0.717) is 22.6 Å². The number of carboxylic acid groups (broad SMARTS) is 1. The van der Waals surface area contributed by atoms with Crippen LogP contribution in [0.25, 0.3) is 17.2 Å². The van der Waals surface area contributed by atoms with Crippen LogP contribution in [0.2, 0.25) is 0 Å². The van der Waals surface area contributed by atoms with Gasteiger partial charge in [0, 0.05) is 34.5 Å². The molecule has 3 aromatic rings. The first kappa shape index (κ1) is 18.9. The molecule has 0 radical (unpaired) electrons. The number of ketones is 1. The lowest BCUT2D eigenvalue weighted by atomic mass is 10.0. The molecule has 1 aromatic heterocycles. The standard InChI is InChI=1S/C21H18N2O5/c1-27-19-10-20(28-2)17(16-11-22-23-12-16)9-15(19)7-8-18(24)13-3-5-14(6-4-13)21(25)26/h3-12H,1-2H3,(H,22,23)(H,25,26). The molecule has 0 fully saturated rings. The summed E-state index contributed by atoms with van der Waals surface area (Å²) in [5.41, 5.74) is 2.85.